The van der Waals surface area contributed by atoms with Crippen LogP contribution in [0.3, 0.4) is 0 Å². The van der Waals surface area contributed by atoms with Gasteiger partial charge in [0.05, 0.1) is 11.0 Å². The maximum absolute atomic E-state index is 13.4. The summed E-state index contributed by atoms with van der Waals surface area (Å²) in [6.07, 6.45) is 9.03. The summed E-state index contributed by atoms with van der Waals surface area (Å²) in [5.74, 6) is 2.08. The Labute approximate surface area is 200 Å². The number of aryl methyl sites for hydroxylation is 1. The number of benzene rings is 1. The molecule has 0 fully saturated rings. The summed E-state index contributed by atoms with van der Waals surface area (Å²) in [6.45, 7) is 18.3. The molecular formula is C28H42N4O. The number of hydrogen-bond donors (Lipinski definition) is 1. The van der Waals surface area contributed by atoms with Crippen molar-refractivity contribution in [2.24, 2.45) is 18.9 Å². The van der Waals surface area contributed by atoms with Crippen LogP contribution < -0.4 is 5.32 Å². The van der Waals surface area contributed by atoms with E-state index in [9.17, 15) is 4.79 Å². The number of rotatable bonds is 12. The molecule has 180 valence electrons. The van der Waals surface area contributed by atoms with Gasteiger partial charge in [-0.25, -0.2) is 4.98 Å². The van der Waals surface area contributed by atoms with Crippen molar-refractivity contribution in [2.75, 3.05) is 18.4 Å². The first-order valence-corrected chi connectivity index (χ1v) is 12.1. The number of carbonyl (C=O) groups excluding carboxylic acids is 1. The van der Waals surface area contributed by atoms with Crippen LogP contribution in [0, 0.1) is 11.8 Å². The maximum Gasteiger partial charge on any atom is 0.253 e. The van der Waals surface area contributed by atoms with E-state index in [1.165, 1.54) is 0 Å². The van der Waals surface area contributed by atoms with Crippen molar-refractivity contribution in [2.45, 2.75) is 60.8 Å². The Kier molecular flexibility index (Phi) is 9.95. The second-order valence-corrected chi connectivity index (χ2v) is 9.80. The molecule has 0 atom stereocenters. The largest absolute Gasteiger partial charge is 0.339 e. The summed E-state index contributed by atoms with van der Waals surface area (Å²) in [4.78, 5) is 20.2. The summed E-state index contributed by atoms with van der Waals surface area (Å²) in [5.41, 5.74) is 4.62. The molecule has 33 heavy (non-hydrogen) atoms. The smallest absolute Gasteiger partial charge is 0.253 e. The monoisotopic (exact) mass is 450 g/mol. The van der Waals surface area contributed by atoms with Crippen molar-refractivity contribution in [3.8, 4) is 0 Å². The summed E-state index contributed by atoms with van der Waals surface area (Å²) >= 11 is 0. The molecule has 0 bridgehead atoms. The van der Waals surface area contributed by atoms with Crippen LogP contribution in [0.25, 0.3) is 11.0 Å². The Bertz CT molecular complexity index is 1010. The third-order valence-electron chi connectivity index (χ3n) is 5.83. The van der Waals surface area contributed by atoms with Crippen molar-refractivity contribution in [3.05, 3.63) is 59.8 Å². The van der Waals surface area contributed by atoms with E-state index in [4.69, 9.17) is 4.98 Å². The van der Waals surface area contributed by atoms with Gasteiger partial charge in [0, 0.05) is 31.4 Å². The van der Waals surface area contributed by atoms with Gasteiger partial charge in [-0.15, -0.1) is 0 Å². The minimum absolute atomic E-state index is 0.109. The second-order valence-electron chi connectivity index (χ2n) is 9.80. The lowest BCUT2D eigenvalue weighted by Gasteiger charge is -2.24. The number of allylic oxidation sites excluding steroid dienone is 5. The minimum Gasteiger partial charge on any atom is -0.339 e. The Morgan fingerprint density at radius 3 is 2.45 bits per heavy atom. The van der Waals surface area contributed by atoms with E-state index in [-0.39, 0.29) is 5.91 Å². The fourth-order valence-electron chi connectivity index (χ4n) is 3.58. The fraction of sp³-hybridized carbons (Fsp3) is 0.500. The summed E-state index contributed by atoms with van der Waals surface area (Å²) in [7, 11) is 1.98. The molecule has 0 unspecified atom stereocenters. The highest BCUT2D eigenvalue weighted by Gasteiger charge is 2.18. The molecule has 1 N–H and O–H groups in total. The molecule has 2 rings (SSSR count). The van der Waals surface area contributed by atoms with Crippen molar-refractivity contribution in [1.29, 1.82) is 0 Å². The molecule has 0 aliphatic heterocycles. The summed E-state index contributed by atoms with van der Waals surface area (Å²) in [6, 6.07) is 5.83. The van der Waals surface area contributed by atoms with Gasteiger partial charge in [-0.3, -0.25) is 4.79 Å². The van der Waals surface area contributed by atoms with E-state index in [0.29, 0.717) is 11.8 Å². The highest BCUT2D eigenvalue weighted by molar-refractivity contribution is 5.97. The molecule has 1 aromatic carbocycles. The van der Waals surface area contributed by atoms with Gasteiger partial charge in [-0.2, -0.15) is 0 Å². The second kappa shape index (κ2) is 12.4. The van der Waals surface area contributed by atoms with Gasteiger partial charge in [0.25, 0.3) is 5.91 Å². The predicted molar refractivity (Wildman–Crippen MR) is 141 cm³/mol. The quantitative estimate of drug-likeness (QED) is 0.356. The zero-order valence-electron chi connectivity index (χ0n) is 21.6. The lowest BCUT2D eigenvalue weighted by molar-refractivity contribution is 0.0744. The van der Waals surface area contributed by atoms with Gasteiger partial charge in [0.15, 0.2) is 0 Å². The average Bonchev–Trinajstić information content (AvgIpc) is 3.08. The molecule has 1 amide bonds. The van der Waals surface area contributed by atoms with Crippen molar-refractivity contribution >= 4 is 22.9 Å². The SMILES string of the molecule is C=C/C(C)=C\C=C(/C)Nc1nc2ccc(C(=O)N(CCCC(C)C)CCC(C)C)cc2n1C. The van der Waals surface area contributed by atoms with E-state index in [1.54, 1.807) is 0 Å². The molecule has 5 heteroatoms. The molecule has 0 radical (unpaired) electrons. The van der Waals surface area contributed by atoms with Crippen LogP contribution >= 0.6 is 0 Å². The zero-order valence-corrected chi connectivity index (χ0v) is 21.6. The Morgan fingerprint density at radius 1 is 1.12 bits per heavy atom. The Balaban J connectivity index is 2.25. The van der Waals surface area contributed by atoms with E-state index >= 15 is 0 Å². The minimum atomic E-state index is 0.109. The molecule has 0 saturated carbocycles. The van der Waals surface area contributed by atoms with E-state index in [2.05, 4.69) is 39.6 Å². The molecule has 1 aromatic heterocycles. The number of carbonyl (C=O) groups is 1. The van der Waals surface area contributed by atoms with Gasteiger partial charge in [0.1, 0.15) is 0 Å². The van der Waals surface area contributed by atoms with Gasteiger partial charge in [-0.1, -0.05) is 52.0 Å². The highest BCUT2D eigenvalue weighted by atomic mass is 16.2. The van der Waals surface area contributed by atoms with Gasteiger partial charge in [-0.05, 0) is 69.2 Å². The standard InChI is InChI=1S/C28H42N4O/c1-9-22(6)12-13-23(7)29-28-30-25-15-14-24(19-26(25)31(28)8)27(33)32(18-16-21(4)5)17-10-11-20(2)3/h9,12-15,19-21H,1,10-11,16-18H2,2-8H3,(H,29,30)/b22-12-,23-13+. The average molecular weight is 451 g/mol. The number of fused-ring (bicyclic) bond motifs is 1. The molecule has 0 aliphatic carbocycles. The number of imidazole rings is 1. The first kappa shape index (κ1) is 26.4. The predicted octanol–water partition coefficient (Wildman–Crippen LogP) is 6.95. The molecule has 2 aromatic rings. The first-order chi connectivity index (χ1) is 15.6. The van der Waals surface area contributed by atoms with Crippen LogP contribution in [-0.4, -0.2) is 33.4 Å². The number of nitrogens with one attached hydrogen (secondary N) is 1. The summed E-state index contributed by atoms with van der Waals surface area (Å²) in [5, 5.41) is 3.36. The van der Waals surface area contributed by atoms with Gasteiger partial charge in [0.2, 0.25) is 5.95 Å². The molecule has 0 aliphatic rings. The third-order valence-corrected chi connectivity index (χ3v) is 5.83. The van der Waals surface area contributed by atoms with Crippen LogP contribution in [0.15, 0.2) is 54.3 Å². The lowest BCUT2D eigenvalue weighted by Crippen LogP contribution is -2.33. The maximum atomic E-state index is 13.4. The fourth-order valence-corrected chi connectivity index (χ4v) is 3.58. The number of aromatic nitrogens is 2. The number of nitrogens with zero attached hydrogens (tertiary/aromatic N) is 3. The van der Waals surface area contributed by atoms with Gasteiger partial charge < -0.3 is 14.8 Å². The van der Waals surface area contributed by atoms with E-state index in [0.717, 1.165) is 66.2 Å². The van der Waals surface area contributed by atoms with Gasteiger partial charge >= 0.3 is 0 Å². The zero-order chi connectivity index (χ0) is 24.5. The molecule has 1 heterocycles. The first-order valence-electron chi connectivity index (χ1n) is 12.1. The van der Waals surface area contributed by atoms with Crippen LogP contribution in [0.4, 0.5) is 5.95 Å². The third kappa shape index (κ3) is 7.92. The van der Waals surface area contributed by atoms with Crippen LogP contribution in [0.5, 0.6) is 0 Å². The topological polar surface area (TPSA) is 50.2 Å². The van der Waals surface area contributed by atoms with Crippen LogP contribution in [0.2, 0.25) is 0 Å². The van der Waals surface area contributed by atoms with Crippen molar-refractivity contribution in [3.63, 3.8) is 0 Å². The number of amides is 1. The van der Waals surface area contributed by atoms with Crippen LogP contribution in [-0.2, 0) is 7.05 Å². The Morgan fingerprint density at radius 2 is 1.82 bits per heavy atom. The normalized spacial score (nSPS) is 12.6. The van der Waals surface area contributed by atoms with Crippen molar-refractivity contribution in [1.82, 2.24) is 14.5 Å². The van der Waals surface area contributed by atoms with Crippen LogP contribution in [0.1, 0.15) is 71.2 Å². The number of hydrogen-bond acceptors (Lipinski definition) is 3. The number of anilines is 1. The molecule has 0 spiro atoms. The highest BCUT2D eigenvalue weighted by Crippen LogP contribution is 2.22. The Hall–Kier alpha value is -2.82. The van der Waals surface area contributed by atoms with E-state index in [1.807, 2.05) is 66.8 Å². The van der Waals surface area contributed by atoms with E-state index < -0.39 is 0 Å². The lowest BCUT2D eigenvalue weighted by atomic mass is 10.1. The van der Waals surface area contributed by atoms with Crippen molar-refractivity contribution < 1.29 is 4.79 Å². The molecular weight excluding hydrogens is 408 g/mol. The summed E-state index contributed by atoms with van der Waals surface area (Å²) < 4.78 is 2.00. The molecule has 0 saturated heterocycles. The molecule has 5 nitrogen and oxygen atoms in total.